The van der Waals surface area contributed by atoms with Crippen LogP contribution in [0.1, 0.15) is 17.2 Å². The Labute approximate surface area is 158 Å². The first-order chi connectivity index (χ1) is 13.2. The average Bonchev–Trinajstić information content (AvgIpc) is 3.16. The van der Waals surface area contributed by atoms with E-state index in [1.807, 2.05) is 24.3 Å². The minimum absolute atomic E-state index is 0.159. The van der Waals surface area contributed by atoms with Gasteiger partial charge in [0.05, 0.1) is 33.5 Å². The second-order valence-electron chi connectivity index (χ2n) is 6.42. The molecular formula is C20H23NO6. The van der Waals surface area contributed by atoms with Crippen molar-refractivity contribution in [3.8, 4) is 28.7 Å². The van der Waals surface area contributed by atoms with Crippen LogP contribution in [-0.4, -0.2) is 57.3 Å². The predicted octanol–water partition coefficient (Wildman–Crippen LogP) is 2.56. The zero-order chi connectivity index (χ0) is 18.8. The number of nitrogens with zero attached hydrogens (tertiary/aromatic N) is 1. The van der Waals surface area contributed by atoms with Crippen molar-refractivity contribution in [3.05, 3.63) is 41.5 Å². The Hall–Kier alpha value is -2.64. The molecule has 27 heavy (non-hydrogen) atoms. The topological polar surface area (TPSA) is 69.6 Å². The SMILES string of the molecule is COc1ccc([C@H](c2cc3c(cc2O)OCO3)N2CCOCC2)c(OC)c1. The maximum Gasteiger partial charge on any atom is 0.231 e. The molecule has 7 nitrogen and oxygen atoms in total. The molecule has 0 aliphatic carbocycles. The first-order valence-electron chi connectivity index (χ1n) is 8.87. The van der Waals surface area contributed by atoms with Crippen molar-refractivity contribution in [1.82, 2.24) is 4.90 Å². The highest BCUT2D eigenvalue weighted by molar-refractivity contribution is 5.56. The highest BCUT2D eigenvalue weighted by Gasteiger charge is 2.31. The Bertz CT molecular complexity index is 818. The third-order valence-corrected chi connectivity index (χ3v) is 4.96. The van der Waals surface area contributed by atoms with Crippen molar-refractivity contribution in [2.24, 2.45) is 0 Å². The van der Waals surface area contributed by atoms with E-state index in [0.29, 0.717) is 36.2 Å². The van der Waals surface area contributed by atoms with Gasteiger partial charge in [-0.05, 0) is 18.2 Å². The molecule has 2 aromatic carbocycles. The molecule has 2 aliphatic heterocycles. The first kappa shape index (κ1) is 17.8. The quantitative estimate of drug-likeness (QED) is 0.864. The molecule has 1 fully saturated rings. The van der Waals surface area contributed by atoms with Crippen LogP contribution in [0.5, 0.6) is 28.7 Å². The fourth-order valence-electron chi connectivity index (χ4n) is 3.61. The molecule has 1 atom stereocenters. The molecular weight excluding hydrogens is 350 g/mol. The summed E-state index contributed by atoms with van der Waals surface area (Å²) in [6.45, 7) is 2.92. The van der Waals surface area contributed by atoms with Gasteiger partial charge in [0.2, 0.25) is 6.79 Å². The molecule has 2 aromatic rings. The Morgan fingerprint density at radius 2 is 1.70 bits per heavy atom. The predicted molar refractivity (Wildman–Crippen MR) is 98.0 cm³/mol. The number of ether oxygens (including phenoxy) is 5. The van der Waals surface area contributed by atoms with Gasteiger partial charge < -0.3 is 28.8 Å². The summed E-state index contributed by atoms with van der Waals surface area (Å²) in [5.74, 6) is 2.76. The third-order valence-electron chi connectivity index (χ3n) is 4.96. The summed E-state index contributed by atoms with van der Waals surface area (Å²) in [5, 5.41) is 10.7. The molecule has 0 radical (unpaired) electrons. The van der Waals surface area contributed by atoms with E-state index < -0.39 is 0 Å². The number of phenolic OH excluding ortho intramolecular Hbond substituents is 1. The Balaban J connectivity index is 1.83. The number of methoxy groups -OCH3 is 2. The van der Waals surface area contributed by atoms with E-state index in [1.165, 1.54) is 0 Å². The van der Waals surface area contributed by atoms with Gasteiger partial charge in [-0.15, -0.1) is 0 Å². The fourth-order valence-corrected chi connectivity index (χ4v) is 3.61. The summed E-state index contributed by atoms with van der Waals surface area (Å²) in [6.07, 6.45) is 0. The Morgan fingerprint density at radius 3 is 2.41 bits per heavy atom. The lowest BCUT2D eigenvalue weighted by molar-refractivity contribution is 0.0231. The minimum Gasteiger partial charge on any atom is -0.507 e. The summed E-state index contributed by atoms with van der Waals surface area (Å²) >= 11 is 0. The number of aromatic hydroxyl groups is 1. The summed E-state index contributed by atoms with van der Waals surface area (Å²) < 4.78 is 27.4. The van der Waals surface area contributed by atoms with Gasteiger partial charge in [0.1, 0.15) is 17.2 Å². The lowest BCUT2D eigenvalue weighted by Crippen LogP contribution is -2.39. The van der Waals surface area contributed by atoms with Crippen molar-refractivity contribution >= 4 is 0 Å². The first-order valence-corrected chi connectivity index (χ1v) is 8.87. The molecule has 0 bridgehead atoms. The van der Waals surface area contributed by atoms with Gasteiger partial charge in [0.15, 0.2) is 11.5 Å². The molecule has 2 heterocycles. The molecule has 7 heteroatoms. The second kappa shape index (κ2) is 7.54. The van der Waals surface area contributed by atoms with E-state index >= 15 is 0 Å². The van der Waals surface area contributed by atoms with E-state index in [-0.39, 0.29) is 18.6 Å². The lowest BCUT2D eigenvalue weighted by Gasteiger charge is -2.36. The van der Waals surface area contributed by atoms with Crippen molar-refractivity contribution in [2.45, 2.75) is 6.04 Å². The van der Waals surface area contributed by atoms with Crippen molar-refractivity contribution in [3.63, 3.8) is 0 Å². The van der Waals surface area contributed by atoms with Crippen LogP contribution in [0.15, 0.2) is 30.3 Å². The molecule has 0 aromatic heterocycles. The van der Waals surface area contributed by atoms with E-state index in [4.69, 9.17) is 23.7 Å². The molecule has 4 rings (SSSR count). The van der Waals surface area contributed by atoms with Crippen molar-refractivity contribution < 1.29 is 28.8 Å². The van der Waals surface area contributed by atoms with Gasteiger partial charge in [-0.3, -0.25) is 4.90 Å². The van der Waals surface area contributed by atoms with Crippen LogP contribution in [0, 0.1) is 0 Å². The summed E-state index contributed by atoms with van der Waals surface area (Å²) in [6, 6.07) is 8.97. The highest BCUT2D eigenvalue weighted by atomic mass is 16.7. The van der Waals surface area contributed by atoms with Crippen LogP contribution in [0.4, 0.5) is 0 Å². The van der Waals surface area contributed by atoms with Crippen LogP contribution in [0.2, 0.25) is 0 Å². The number of morpholine rings is 1. The van der Waals surface area contributed by atoms with Crippen LogP contribution < -0.4 is 18.9 Å². The zero-order valence-corrected chi connectivity index (χ0v) is 15.4. The molecule has 0 saturated carbocycles. The lowest BCUT2D eigenvalue weighted by atomic mass is 9.94. The van der Waals surface area contributed by atoms with E-state index in [2.05, 4.69) is 4.90 Å². The normalized spacial score (nSPS) is 17.6. The molecule has 1 saturated heterocycles. The number of phenols is 1. The molecule has 1 N–H and O–H groups in total. The van der Waals surface area contributed by atoms with Crippen LogP contribution in [0.3, 0.4) is 0 Å². The molecule has 2 aliphatic rings. The van der Waals surface area contributed by atoms with Gasteiger partial charge in [-0.1, -0.05) is 0 Å². The molecule has 144 valence electrons. The molecule has 0 unspecified atom stereocenters. The van der Waals surface area contributed by atoms with Gasteiger partial charge >= 0.3 is 0 Å². The number of hydrogen-bond donors (Lipinski definition) is 1. The van der Waals surface area contributed by atoms with E-state index in [0.717, 1.165) is 24.2 Å². The van der Waals surface area contributed by atoms with E-state index in [9.17, 15) is 5.11 Å². The van der Waals surface area contributed by atoms with Crippen molar-refractivity contribution in [2.75, 3.05) is 47.3 Å². The number of rotatable bonds is 5. The summed E-state index contributed by atoms with van der Waals surface area (Å²) in [7, 11) is 3.26. The Kier molecular flexibility index (Phi) is 4.96. The third kappa shape index (κ3) is 3.36. The van der Waals surface area contributed by atoms with Crippen LogP contribution in [0.25, 0.3) is 0 Å². The van der Waals surface area contributed by atoms with Crippen LogP contribution in [-0.2, 0) is 4.74 Å². The second-order valence-corrected chi connectivity index (χ2v) is 6.42. The minimum atomic E-state index is -0.218. The number of fused-ring (bicyclic) bond motifs is 1. The zero-order valence-electron chi connectivity index (χ0n) is 15.4. The smallest absolute Gasteiger partial charge is 0.231 e. The fraction of sp³-hybridized carbons (Fsp3) is 0.400. The maximum atomic E-state index is 10.7. The standard InChI is InChI=1S/C20H23NO6/c1-23-13-3-4-14(17(9-13)24-2)20(21-5-7-25-8-6-21)15-10-18-19(11-16(15)22)27-12-26-18/h3-4,9-11,20,22H,5-8,12H2,1-2H3/t20-/m1/s1. The van der Waals surface area contributed by atoms with Gasteiger partial charge in [-0.25, -0.2) is 0 Å². The summed E-state index contributed by atoms with van der Waals surface area (Å²) in [5.41, 5.74) is 1.68. The van der Waals surface area contributed by atoms with Gasteiger partial charge in [-0.2, -0.15) is 0 Å². The molecule has 0 amide bonds. The van der Waals surface area contributed by atoms with Gasteiger partial charge in [0, 0.05) is 36.3 Å². The highest BCUT2D eigenvalue weighted by Crippen LogP contribution is 2.45. The Morgan fingerprint density at radius 1 is 0.963 bits per heavy atom. The summed E-state index contributed by atoms with van der Waals surface area (Å²) in [4.78, 5) is 2.27. The molecule has 0 spiro atoms. The van der Waals surface area contributed by atoms with Crippen molar-refractivity contribution in [1.29, 1.82) is 0 Å². The largest absolute Gasteiger partial charge is 0.507 e. The number of benzene rings is 2. The van der Waals surface area contributed by atoms with Gasteiger partial charge in [0.25, 0.3) is 0 Å². The van der Waals surface area contributed by atoms with E-state index in [1.54, 1.807) is 20.3 Å². The maximum absolute atomic E-state index is 10.7. The average molecular weight is 373 g/mol. The number of hydrogen-bond acceptors (Lipinski definition) is 7. The monoisotopic (exact) mass is 373 g/mol. The van der Waals surface area contributed by atoms with Crippen LogP contribution >= 0.6 is 0 Å².